The fraction of sp³-hybridized carbons (Fsp3) is 0.857. The molecule has 2 fully saturated rings. The number of nitrogens with one attached hydrogen (secondary N) is 1. The number of aliphatic carboxylic acids is 1. The molecule has 0 aliphatic carbocycles. The lowest BCUT2D eigenvalue weighted by molar-refractivity contribution is -0.154. The van der Waals surface area contributed by atoms with Gasteiger partial charge in [0.15, 0.2) is 0 Å². The Hall–Kier alpha value is -1.10. The summed E-state index contributed by atoms with van der Waals surface area (Å²) in [6.07, 6.45) is 5.61. The van der Waals surface area contributed by atoms with Gasteiger partial charge < -0.3 is 15.3 Å². The van der Waals surface area contributed by atoms with Crippen molar-refractivity contribution in [2.45, 2.75) is 57.5 Å². The number of likely N-dealkylation sites (tertiary alicyclic amines) is 1. The van der Waals surface area contributed by atoms with E-state index in [1.807, 2.05) is 0 Å². The Labute approximate surface area is 114 Å². The van der Waals surface area contributed by atoms with Gasteiger partial charge >= 0.3 is 5.97 Å². The van der Waals surface area contributed by atoms with Crippen LogP contribution in [0.5, 0.6) is 0 Å². The number of rotatable bonds is 2. The smallest absolute Gasteiger partial charge is 0.326 e. The van der Waals surface area contributed by atoms with E-state index in [4.69, 9.17) is 0 Å². The number of carbonyl (C=O) groups is 2. The van der Waals surface area contributed by atoms with Gasteiger partial charge in [0.1, 0.15) is 6.04 Å². The molecular weight excluding hydrogens is 244 g/mol. The molecule has 1 amide bonds. The first-order valence-corrected chi connectivity index (χ1v) is 7.36. The molecule has 5 heteroatoms. The minimum absolute atomic E-state index is 0.0128. The molecule has 3 unspecified atom stereocenters. The number of carbonyl (C=O) groups excluding carboxylic acids is 1. The van der Waals surface area contributed by atoms with E-state index in [1.165, 1.54) is 0 Å². The van der Waals surface area contributed by atoms with Gasteiger partial charge in [-0.15, -0.1) is 0 Å². The van der Waals surface area contributed by atoms with E-state index < -0.39 is 12.0 Å². The largest absolute Gasteiger partial charge is 0.480 e. The summed E-state index contributed by atoms with van der Waals surface area (Å²) in [7, 11) is 0. The molecule has 108 valence electrons. The number of nitrogens with zero attached hydrogens (tertiary/aromatic N) is 1. The zero-order valence-corrected chi connectivity index (χ0v) is 11.6. The van der Waals surface area contributed by atoms with E-state index in [1.54, 1.807) is 4.90 Å². The maximum absolute atomic E-state index is 12.5. The molecule has 2 aliphatic heterocycles. The quantitative estimate of drug-likeness (QED) is 0.790. The predicted octanol–water partition coefficient (Wildman–Crippen LogP) is 1.23. The van der Waals surface area contributed by atoms with Crippen LogP contribution in [-0.4, -0.2) is 47.1 Å². The van der Waals surface area contributed by atoms with Crippen LogP contribution in [0, 0.1) is 5.92 Å². The Kier molecular flexibility index (Phi) is 4.80. The van der Waals surface area contributed by atoms with Gasteiger partial charge in [-0.25, -0.2) is 4.79 Å². The van der Waals surface area contributed by atoms with Crippen molar-refractivity contribution in [1.29, 1.82) is 0 Å². The average Bonchev–Trinajstić information content (AvgIpc) is 2.66. The van der Waals surface area contributed by atoms with Crippen molar-refractivity contribution in [2.24, 2.45) is 5.92 Å². The Morgan fingerprint density at radius 1 is 1.21 bits per heavy atom. The second-order valence-corrected chi connectivity index (χ2v) is 5.87. The van der Waals surface area contributed by atoms with Crippen LogP contribution in [0.1, 0.15) is 45.4 Å². The second kappa shape index (κ2) is 6.37. The fourth-order valence-corrected chi connectivity index (χ4v) is 3.08. The molecule has 0 aromatic carbocycles. The van der Waals surface area contributed by atoms with E-state index >= 15 is 0 Å². The molecule has 3 atom stereocenters. The molecule has 0 saturated carbocycles. The van der Waals surface area contributed by atoms with Crippen LogP contribution in [0.2, 0.25) is 0 Å². The number of carboxylic acids is 1. The van der Waals surface area contributed by atoms with Gasteiger partial charge in [-0.05, 0) is 38.1 Å². The van der Waals surface area contributed by atoms with E-state index in [0.29, 0.717) is 18.9 Å². The van der Waals surface area contributed by atoms with Gasteiger partial charge in [0.2, 0.25) is 5.91 Å². The van der Waals surface area contributed by atoms with Crippen molar-refractivity contribution in [3.8, 4) is 0 Å². The molecule has 2 aliphatic rings. The third-order valence-electron chi connectivity index (χ3n) is 4.29. The van der Waals surface area contributed by atoms with Gasteiger partial charge in [0.25, 0.3) is 0 Å². The molecule has 2 heterocycles. The van der Waals surface area contributed by atoms with Crippen molar-refractivity contribution < 1.29 is 14.7 Å². The van der Waals surface area contributed by atoms with Crippen LogP contribution in [0.3, 0.4) is 0 Å². The summed E-state index contributed by atoms with van der Waals surface area (Å²) >= 11 is 0. The number of carboxylic acid groups (broad SMARTS) is 1. The van der Waals surface area contributed by atoms with Crippen molar-refractivity contribution in [3.63, 3.8) is 0 Å². The van der Waals surface area contributed by atoms with Crippen LogP contribution >= 0.6 is 0 Å². The van der Waals surface area contributed by atoms with Crippen molar-refractivity contribution in [1.82, 2.24) is 10.2 Å². The van der Waals surface area contributed by atoms with E-state index in [-0.39, 0.29) is 11.9 Å². The first-order valence-electron chi connectivity index (χ1n) is 7.36. The fourth-order valence-electron chi connectivity index (χ4n) is 3.08. The van der Waals surface area contributed by atoms with Crippen LogP contribution in [0.15, 0.2) is 0 Å². The monoisotopic (exact) mass is 268 g/mol. The lowest BCUT2D eigenvalue weighted by atomic mass is 9.91. The molecule has 19 heavy (non-hydrogen) atoms. The van der Waals surface area contributed by atoms with Crippen LogP contribution in [-0.2, 0) is 9.59 Å². The number of hydrogen-bond acceptors (Lipinski definition) is 3. The van der Waals surface area contributed by atoms with Crippen molar-refractivity contribution in [2.75, 3.05) is 13.1 Å². The third-order valence-corrected chi connectivity index (χ3v) is 4.29. The van der Waals surface area contributed by atoms with Gasteiger partial charge in [0.05, 0.1) is 6.04 Å². The summed E-state index contributed by atoms with van der Waals surface area (Å²) in [6.45, 7) is 3.50. The van der Waals surface area contributed by atoms with Gasteiger partial charge in [0, 0.05) is 6.54 Å². The number of hydrogen-bond donors (Lipinski definition) is 2. The standard InChI is InChI=1S/C14H24N2O3/c1-10-6-8-16(12(9-10)14(18)19)13(17)11-5-3-2-4-7-15-11/h10-12,15H,2-9H2,1H3,(H,18,19). The topological polar surface area (TPSA) is 69.6 Å². The SMILES string of the molecule is CC1CCN(C(=O)C2CCCCCN2)C(C(=O)O)C1. The summed E-state index contributed by atoms with van der Waals surface area (Å²) in [6, 6.07) is -0.820. The minimum atomic E-state index is -0.867. The average molecular weight is 268 g/mol. The maximum Gasteiger partial charge on any atom is 0.326 e. The van der Waals surface area contributed by atoms with Crippen LogP contribution in [0.4, 0.5) is 0 Å². The van der Waals surface area contributed by atoms with E-state index in [2.05, 4.69) is 12.2 Å². The molecule has 0 aromatic rings. The normalized spacial score (nSPS) is 32.7. The highest BCUT2D eigenvalue weighted by Crippen LogP contribution is 2.24. The molecule has 0 bridgehead atoms. The molecule has 5 nitrogen and oxygen atoms in total. The summed E-state index contributed by atoms with van der Waals surface area (Å²) in [5.41, 5.74) is 0. The second-order valence-electron chi connectivity index (χ2n) is 5.87. The number of amides is 1. The van der Waals surface area contributed by atoms with Crippen molar-refractivity contribution in [3.05, 3.63) is 0 Å². The minimum Gasteiger partial charge on any atom is -0.480 e. The Bertz CT molecular complexity index is 338. The zero-order chi connectivity index (χ0) is 13.8. The van der Waals surface area contributed by atoms with Crippen LogP contribution in [0.25, 0.3) is 0 Å². The molecule has 0 spiro atoms. The van der Waals surface area contributed by atoms with Gasteiger partial charge in [-0.1, -0.05) is 19.8 Å². The first-order chi connectivity index (χ1) is 9.09. The number of piperidine rings is 1. The molecule has 2 N–H and O–H groups in total. The Balaban J connectivity index is 2.04. The Morgan fingerprint density at radius 2 is 2.00 bits per heavy atom. The highest BCUT2D eigenvalue weighted by Gasteiger charge is 2.37. The maximum atomic E-state index is 12.5. The first kappa shape index (κ1) is 14.3. The molecule has 0 radical (unpaired) electrons. The lowest BCUT2D eigenvalue weighted by Gasteiger charge is -2.38. The highest BCUT2D eigenvalue weighted by atomic mass is 16.4. The van der Waals surface area contributed by atoms with Gasteiger partial charge in [-0.3, -0.25) is 4.79 Å². The van der Waals surface area contributed by atoms with Crippen molar-refractivity contribution >= 4 is 11.9 Å². The lowest BCUT2D eigenvalue weighted by Crippen LogP contribution is -2.55. The molecule has 2 saturated heterocycles. The molecular formula is C14H24N2O3. The van der Waals surface area contributed by atoms with Gasteiger partial charge in [-0.2, -0.15) is 0 Å². The summed E-state index contributed by atoms with van der Waals surface area (Å²) in [5.74, 6) is -0.498. The summed E-state index contributed by atoms with van der Waals surface area (Å²) in [4.78, 5) is 25.5. The molecule has 0 aromatic heterocycles. The highest BCUT2D eigenvalue weighted by molar-refractivity contribution is 5.87. The van der Waals surface area contributed by atoms with E-state index in [9.17, 15) is 14.7 Å². The predicted molar refractivity (Wildman–Crippen MR) is 71.8 cm³/mol. The summed E-state index contributed by atoms with van der Waals surface area (Å²) < 4.78 is 0. The van der Waals surface area contributed by atoms with E-state index in [0.717, 1.165) is 38.6 Å². The third kappa shape index (κ3) is 3.47. The van der Waals surface area contributed by atoms with Crippen LogP contribution < -0.4 is 5.32 Å². The zero-order valence-electron chi connectivity index (χ0n) is 11.6. The Morgan fingerprint density at radius 3 is 2.74 bits per heavy atom. The summed E-state index contributed by atoms with van der Waals surface area (Å²) in [5, 5.41) is 12.6. The molecule has 2 rings (SSSR count).